The standard InChI is InChI=1S/C16H10N4S2/c17-6-5-12-15(14-4-2-8-21-14)19-16-20(12)13(10-22-16)11-3-1-7-18-9-11/h1-4,7-10H,5H2. The van der Waals surface area contributed by atoms with Gasteiger partial charge < -0.3 is 0 Å². The van der Waals surface area contributed by atoms with Gasteiger partial charge in [0.05, 0.1) is 28.8 Å². The minimum absolute atomic E-state index is 0.332. The molecule has 6 heteroatoms. The Hall–Kier alpha value is -2.49. The first-order valence-electron chi connectivity index (χ1n) is 6.68. The molecular formula is C16H10N4S2. The van der Waals surface area contributed by atoms with E-state index in [1.807, 2.05) is 35.8 Å². The summed E-state index contributed by atoms with van der Waals surface area (Å²) < 4.78 is 2.08. The monoisotopic (exact) mass is 322 g/mol. The molecule has 4 aromatic rings. The van der Waals surface area contributed by atoms with Gasteiger partial charge in [0.2, 0.25) is 0 Å². The lowest BCUT2D eigenvalue weighted by atomic mass is 10.2. The summed E-state index contributed by atoms with van der Waals surface area (Å²) in [4.78, 5) is 10.9. The topological polar surface area (TPSA) is 54.0 Å². The summed E-state index contributed by atoms with van der Waals surface area (Å²) in [5, 5.41) is 13.3. The third-order valence-corrected chi connectivity index (χ3v) is 5.12. The minimum Gasteiger partial charge on any atom is -0.285 e. The van der Waals surface area contributed by atoms with Crippen LogP contribution in [0.2, 0.25) is 0 Å². The van der Waals surface area contributed by atoms with Gasteiger partial charge >= 0.3 is 0 Å². The number of thiazole rings is 1. The number of aromatic nitrogens is 3. The highest BCUT2D eigenvalue weighted by molar-refractivity contribution is 7.15. The predicted molar refractivity (Wildman–Crippen MR) is 88.9 cm³/mol. The van der Waals surface area contributed by atoms with Crippen LogP contribution in [-0.2, 0) is 6.42 Å². The largest absolute Gasteiger partial charge is 0.285 e. The number of imidazole rings is 1. The second kappa shape index (κ2) is 5.37. The average Bonchev–Trinajstić information content (AvgIpc) is 3.25. The van der Waals surface area contributed by atoms with Gasteiger partial charge in [-0.3, -0.25) is 9.38 Å². The molecule has 4 aromatic heterocycles. The van der Waals surface area contributed by atoms with Gasteiger partial charge in [-0.2, -0.15) is 5.26 Å². The summed E-state index contributed by atoms with van der Waals surface area (Å²) in [6, 6.07) is 10.3. The second-order valence-corrected chi connectivity index (χ2v) is 6.48. The molecule has 22 heavy (non-hydrogen) atoms. The quantitative estimate of drug-likeness (QED) is 0.566. The SMILES string of the molecule is N#CCc1c(-c2cccs2)nc2scc(-c3cccnc3)n12. The van der Waals surface area contributed by atoms with Crippen molar-refractivity contribution in [2.45, 2.75) is 6.42 Å². The molecule has 0 aliphatic carbocycles. The Kier molecular flexibility index (Phi) is 3.22. The molecule has 0 bridgehead atoms. The molecule has 0 saturated carbocycles. The number of thiophene rings is 1. The van der Waals surface area contributed by atoms with Crippen molar-refractivity contribution in [3.8, 4) is 27.9 Å². The summed E-state index contributed by atoms with van der Waals surface area (Å²) in [5.74, 6) is 0. The highest BCUT2D eigenvalue weighted by Crippen LogP contribution is 2.34. The summed E-state index contributed by atoms with van der Waals surface area (Å²) in [6.45, 7) is 0. The van der Waals surface area contributed by atoms with Crippen molar-refractivity contribution in [1.29, 1.82) is 5.26 Å². The average molecular weight is 322 g/mol. The molecule has 0 N–H and O–H groups in total. The Morgan fingerprint density at radius 1 is 1.23 bits per heavy atom. The Morgan fingerprint density at radius 3 is 2.91 bits per heavy atom. The fourth-order valence-electron chi connectivity index (χ4n) is 2.48. The van der Waals surface area contributed by atoms with Crippen molar-refractivity contribution < 1.29 is 0 Å². The molecule has 0 aromatic carbocycles. The van der Waals surface area contributed by atoms with Crippen LogP contribution in [0.1, 0.15) is 5.69 Å². The van der Waals surface area contributed by atoms with Crippen LogP contribution in [-0.4, -0.2) is 14.4 Å². The number of hydrogen-bond acceptors (Lipinski definition) is 5. The predicted octanol–water partition coefficient (Wildman–Crippen LogP) is 4.25. The lowest BCUT2D eigenvalue weighted by Gasteiger charge is -2.03. The summed E-state index contributed by atoms with van der Waals surface area (Å²) >= 11 is 3.23. The first kappa shape index (κ1) is 13.2. The van der Waals surface area contributed by atoms with Crippen LogP contribution in [0.25, 0.3) is 26.8 Å². The number of rotatable bonds is 3. The third-order valence-electron chi connectivity index (χ3n) is 3.42. The van der Waals surface area contributed by atoms with Gasteiger partial charge in [0.25, 0.3) is 0 Å². The maximum absolute atomic E-state index is 9.22. The molecule has 0 fully saturated rings. The first-order chi connectivity index (χ1) is 10.9. The Bertz CT molecular complexity index is 959. The molecule has 4 rings (SSSR count). The van der Waals surface area contributed by atoms with Gasteiger partial charge in [-0.15, -0.1) is 22.7 Å². The van der Waals surface area contributed by atoms with E-state index in [1.165, 1.54) is 0 Å². The summed E-state index contributed by atoms with van der Waals surface area (Å²) in [6.07, 6.45) is 3.93. The van der Waals surface area contributed by atoms with Crippen molar-refractivity contribution in [1.82, 2.24) is 14.4 Å². The maximum atomic E-state index is 9.22. The molecular weight excluding hydrogens is 312 g/mol. The van der Waals surface area contributed by atoms with Crippen LogP contribution in [0, 0.1) is 11.3 Å². The molecule has 0 aliphatic rings. The van der Waals surface area contributed by atoms with E-state index in [-0.39, 0.29) is 0 Å². The van der Waals surface area contributed by atoms with Crippen molar-refractivity contribution in [3.05, 3.63) is 53.1 Å². The lowest BCUT2D eigenvalue weighted by molar-refractivity contribution is 1.08. The van der Waals surface area contributed by atoms with Gasteiger partial charge in [-0.1, -0.05) is 6.07 Å². The van der Waals surface area contributed by atoms with Crippen LogP contribution in [0.4, 0.5) is 0 Å². The zero-order valence-electron chi connectivity index (χ0n) is 11.4. The van der Waals surface area contributed by atoms with Crippen LogP contribution in [0.15, 0.2) is 47.4 Å². The van der Waals surface area contributed by atoms with Crippen molar-refractivity contribution >= 4 is 27.6 Å². The van der Waals surface area contributed by atoms with Gasteiger partial charge in [0.1, 0.15) is 5.69 Å². The molecule has 0 radical (unpaired) electrons. The second-order valence-electron chi connectivity index (χ2n) is 4.70. The lowest BCUT2D eigenvalue weighted by Crippen LogP contribution is -1.94. The van der Waals surface area contributed by atoms with E-state index >= 15 is 0 Å². The summed E-state index contributed by atoms with van der Waals surface area (Å²) in [7, 11) is 0. The zero-order chi connectivity index (χ0) is 14.9. The molecule has 106 valence electrons. The van der Waals surface area contributed by atoms with Gasteiger partial charge in [0, 0.05) is 23.3 Å². The number of nitrogens with zero attached hydrogens (tertiary/aromatic N) is 4. The zero-order valence-corrected chi connectivity index (χ0v) is 13.1. The molecule has 0 atom stereocenters. The number of nitriles is 1. The fraction of sp³-hybridized carbons (Fsp3) is 0.0625. The Labute approximate surface area is 135 Å². The maximum Gasteiger partial charge on any atom is 0.195 e. The molecule has 0 aliphatic heterocycles. The smallest absolute Gasteiger partial charge is 0.195 e. The van der Waals surface area contributed by atoms with E-state index < -0.39 is 0 Å². The number of fused-ring (bicyclic) bond motifs is 1. The van der Waals surface area contributed by atoms with Crippen LogP contribution >= 0.6 is 22.7 Å². The van der Waals surface area contributed by atoms with Gasteiger partial charge in [-0.05, 0) is 23.6 Å². The summed E-state index contributed by atoms with van der Waals surface area (Å²) in [5.41, 5.74) is 3.92. The van der Waals surface area contributed by atoms with Crippen LogP contribution in [0.3, 0.4) is 0 Å². The van der Waals surface area contributed by atoms with E-state index in [9.17, 15) is 5.26 Å². The first-order valence-corrected chi connectivity index (χ1v) is 8.44. The van der Waals surface area contributed by atoms with Crippen molar-refractivity contribution in [2.75, 3.05) is 0 Å². The Morgan fingerprint density at radius 2 is 2.18 bits per heavy atom. The van der Waals surface area contributed by atoms with E-state index in [0.29, 0.717) is 6.42 Å². The van der Waals surface area contributed by atoms with Crippen molar-refractivity contribution in [2.24, 2.45) is 0 Å². The molecule has 0 unspecified atom stereocenters. The molecule has 0 saturated heterocycles. The van der Waals surface area contributed by atoms with E-state index in [4.69, 9.17) is 4.98 Å². The molecule has 4 nitrogen and oxygen atoms in total. The van der Waals surface area contributed by atoms with Crippen LogP contribution < -0.4 is 0 Å². The van der Waals surface area contributed by atoms with Crippen LogP contribution in [0.5, 0.6) is 0 Å². The van der Waals surface area contributed by atoms with Gasteiger partial charge in [-0.25, -0.2) is 4.98 Å². The van der Waals surface area contributed by atoms with E-state index in [0.717, 1.165) is 32.5 Å². The minimum atomic E-state index is 0.332. The van der Waals surface area contributed by atoms with E-state index in [2.05, 4.69) is 20.8 Å². The van der Waals surface area contributed by atoms with Gasteiger partial charge in [0.15, 0.2) is 4.96 Å². The highest BCUT2D eigenvalue weighted by atomic mass is 32.1. The highest BCUT2D eigenvalue weighted by Gasteiger charge is 2.19. The van der Waals surface area contributed by atoms with E-state index in [1.54, 1.807) is 28.9 Å². The molecule has 4 heterocycles. The number of pyridine rings is 1. The molecule has 0 amide bonds. The van der Waals surface area contributed by atoms with Crippen molar-refractivity contribution in [3.63, 3.8) is 0 Å². The number of hydrogen-bond donors (Lipinski definition) is 0. The molecule has 0 spiro atoms. The normalized spacial score (nSPS) is 10.9. The fourth-order valence-corrected chi connectivity index (χ4v) is 4.13. The third kappa shape index (κ3) is 2.03. The Balaban J connectivity index is 2.00.